The van der Waals surface area contributed by atoms with Crippen molar-refractivity contribution in [3.8, 4) is 5.75 Å². The molecule has 0 radical (unpaired) electrons. The van der Waals surface area contributed by atoms with E-state index in [1.54, 1.807) is 0 Å². The van der Waals surface area contributed by atoms with E-state index in [4.69, 9.17) is 4.74 Å². The Morgan fingerprint density at radius 1 is 1.37 bits per heavy atom. The van der Waals surface area contributed by atoms with Gasteiger partial charge in [0.25, 0.3) is 0 Å². The van der Waals surface area contributed by atoms with Gasteiger partial charge in [0.2, 0.25) is 0 Å². The molecule has 0 unspecified atom stereocenters. The number of aromatic nitrogens is 1. The number of methoxy groups -OCH3 is 1. The molecule has 0 aliphatic carbocycles. The number of carbonyl (C=O) groups excluding carboxylic acids is 1. The Morgan fingerprint density at radius 3 is 2.74 bits per heavy atom. The highest BCUT2D eigenvalue weighted by molar-refractivity contribution is 7.17. The molecule has 0 atom stereocenters. The predicted octanol–water partition coefficient (Wildman–Crippen LogP) is 3.07. The smallest absolute Gasteiger partial charge is 0.349 e. The van der Waals surface area contributed by atoms with Crippen molar-refractivity contribution in [1.82, 2.24) is 4.98 Å². The van der Waals surface area contributed by atoms with Crippen molar-refractivity contribution in [2.24, 2.45) is 0 Å². The minimum atomic E-state index is -0.378. The summed E-state index contributed by atoms with van der Waals surface area (Å²) >= 11 is 1.25. The molecule has 0 amide bonds. The maximum atomic E-state index is 11.3. The Morgan fingerprint density at radius 2 is 2.11 bits per heavy atom. The fraction of sp³-hybridized carbons (Fsp3) is 0.231. The first-order valence-electron chi connectivity index (χ1n) is 5.77. The fourth-order valence-electron chi connectivity index (χ4n) is 1.45. The lowest BCUT2D eigenvalue weighted by molar-refractivity contribution is 0.0606. The number of nitrogens with zero attached hydrogens (tertiary/aromatic N) is 1. The lowest BCUT2D eigenvalue weighted by Crippen LogP contribution is -1.96. The lowest BCUT2D eigenvalue weighted by atomic mass is 10.3. The molecule has 6 heteroatoms. The number of rotatable bonds is 5. The van der Waals surface area contributed by atoms with Gasteiger partial charge in [-0.05, 0) is 31.2 Å². The van der Waals surface area contributed by atoms with Crippen LogP contribution in [0.25, 0.3) is 0 Å². The van der Waals surface area contributed by atoms with Crippen molar-refractivity contribution < 1.29 is 14.3 Å². The van der Waals surface area contributed by atoms with E-state index >= 15 is 0 Å². The first-order chi connectivity index (χ1) is 9.22. The molecule has 0 bridgehead atoms. The van der Waals surface area contributed by atoms with E-state index < -0.39 is 0 Å². The molecular formula is C13H14N2O3S. The molecule has 19 heavy (non-hydrogen) atoms. The minimum absolute atomic E-state index is 0.378. The topological polar surface area (TPSA) is 60.5 Å². The number of nitrogens with one attached hydrogen (secondary N) is 1. The first kappa shape index (κ1) is 13.4. The number of benzene rings is 1. The SMILES string of the molecule is CCOc1ccc(Nc2ncc(C(=O)OC)s2)cc1. The average Bonchev–Trinajstić information content (AvgIpc) is 2.89. The van der Waals surface area contributed by atoms with Gasteiger partial charge in [0, 0.05) is 5.69 Å². The van der Waals surface area contributed by atoms with Crippen LogP contribution in [0.4, 0.5) is 10.8 Å². The number of anilines is 2. The van der Waals surface area contributed by atoms with E-state index in [0.717, 1.165) is 11.4 Å². The van der Waals surface area contributed by atoms with Crippen LogP contribution in [-0.2, 0) is 4.74 Å². The van der Waals surface area contributed by atoms with Gasteiger partial charge < -0.3 is 14.8 Å². The standard InChI is InChI=1S/C13H14N2O3S/c1-3-18-10-6-4-9(5-7-10)15-13-14-8-11(19-13)12(16)17-2/h4-8H,3H2,1-2H3,(H,14,15). The zero-order valence-corrected chi connectivity index (χ0v) is 11.5. The van der Waals surface area contributed by atoms with Gasteiger partial charge in [-0.2, -0.15) is 0 Å². The van der Waals surface area contributed by atoms with Gasteiger partial charge in [-0.15, -0.1) is 0 Å². The minimum Gasteiger partial charge on any atom is -0.494 e. The zero-order chi connectivity index (χ0) is 13.7. The number of hydrogen-bond donors (Lipinski definition) is 1. The largest absolute Gasteiger partial charge is 0.494 e. The van der Waals surface area contributed by atoms with Gasteiger partial charge in [-0.3, -0.25) is 0 Å². The van der Waals surface area contributed by atoms with Crippen molar-refractivity contribution >= 4 is 28.1 Å². The fourth-order valence-corrected chi connectivity index (χ4v) is 2.21. The normalized spacial score (nSPS) is 10.0. The van der Waals surface area contributed by atoms with Crippen LogP contribution in [0.3, 0.4) is 0 Å². The number of thiazole rings is 1. The van der Waals surface area contributed by atoms with E-state index in [0.29, 0.717) is 16.6 Å². The summed E-state index contributed by atoms with van der Waals surface area (Å²) < 4.78 is 9.99. The molecule has 2 aromatic rings. The second-order valence-corrected chi connectivity index (χ2v) is 4.63. The molecule has 1 aromatic heterocycles. The maximum Gasteiger partial charge on any atom is 0.349 e. The molecule has 0 saturated carbocycles. The molecule has 1 aromatic carbocycles. The highest BCUT2D eigenvalue weighted by atomic mass is 32.1. The van der Waals surface area contributed by atoms with E-state index in [9.17, 15) is 4.79 Å². The van der Waals surface area contributed by atoms with Gasteiger partial charge in [0.15, 0.2) is 5.13 Å². The third-order valence-corrected chi connectivity index (χ3v) is 3.20. The second-order valence-electron chi connectivity index (χ2n) is 3.60. The van der Waals surface area contributed by atoms with Crippen LogP contribution in [0.5, 0.6) is 5.75 Å². The summed E-state index contributed by atoms with van der Waals surface area (Å²) in [6.07, 6.45) is 1.49. The van der Waals surface area contributed by atoms with Crippen LogP contribution in [-0.4, -0.2) is 24.7 Å². The van der Waals surface area contributed by atoms with E-state index in [2.05, 4.69) is 15.0 Å². The third kappa shape index (κ3) is 3.45. The summed E-state index contributed by atoms with van der Waals surface area (Å²) in [6, 6.07) is 7.54. The molecule has 0 aliphatic heterocycles. The Labute approximate surface area is 115 Å². The summed E-state index contributed by atoms with van der Waals surface area (Å²) in [5.74, 6) is 0.444. The van der Waals surface area contributed by atoms with E-state index in [1.165, 1.54) is 24.6 Å². The quantitative estimate of drug-likeness (QED) is 0.852. The summed E-state index contributed by atoms with van der Waals surface area (Å²) in [6.45, 7) is 2.58. The molecule has 100 valence electrons. The van der Waals surface area contributed by atoms with Gasteiger partial charge in [0.05, 0.1) is 19.9 Å². The van der Waals surface area contributed by atoms with E-state index in [-0.39, 0.29) is 5.97 Å². The number of esters is 1. The second kappa shape index (κ2) is 6.19. The van der Waals surface area contributed by atoms with Crippen molar-refractivity contribution in [1.29, 1.82) is 0 Å². The highest BCUT2D eigenvalue weighted by Gasteiger charge is 2.10. The number of hydrogen-bond acceptors (Lipinski definition) is 6. The Balaban J connectivity index is 2.04. The van der Waals surface area contributed by atoms with Gasteiger partial charge >= 0.3 is 5.97 Å². The lowest BCUT2D eigenvalue weighted by Gasteiger charge is -2.05. The third-order valence-electron chi connectivity index (χ3n) is 2.31. The summed E-state index contributed by atoms with van der Waals surface area (Å²) in [7, 11) is 1.35. The summed E-state index contributed by atoms with van der Waals surface area (Å²) in [5.41, 5.74) is 0.884. The van der Waals surface area contributed by atoms with Crippen LogP contribution in [0, 0.1) is 0 Å². The van der Waals surface area contributed by atoms with Crippen molar-refractivity contribution in [2.45, 2.75) is 6.92 Å². The number of ether oxygens (including phenoxy) is 2. The summed E-state index contributed by atoms with van der Waals surface area (Å²) in [4.78, 5) is 15.9. The molecule has 0 saturated heterocycles. The summed E-state index contributed by atoms with van der Waals surface area (Å²) in [5, 5.41) is 3.76. The highest BCUT2D eigenvalue weighted by Crippen LogP contribution is 2.24. The van der Waals surface area contributed by atoms with E-state index in [1.807, 2.05) is 31.2 Å². The predicted molar refractivity (Wildman–Crippen MR) is 74.3 cm³/mol. The van der Waals surface area contributed by atoms with Crippen LogP contribution in [0.15, 0.2) is 30.5 Å². The average molecular weight is 278 g/mol. The molecule has 0 spiro atoms. The maximum absolute atomic E-state index is 11.3. The molecule has 0 fully saturated rings. The first-order valence-corrected chi connectivity index (χ1v) is 6.58. The zero-order valence-electron chi connectivity index (χ0n) is 10.7. The van der Waals surface area contributed by atoms with Gasteiger partial charge in [-0.1, -0.05) is 11.3 Å². The number of carbonyl (C=O) groups is 1. The molecule has 2 rings (SSSR count). The van der Waals surface area contributed by atoms with Crippen LogP contribution in [0.2, 0.25) is 0 Å². The Kier molecular flexibility index (Phi) is 4.35. The van der Waals surface area contributed by atoms with Crippen molar-refractivity contribution in [3.05, 3.63) is 35.3 Å². The monoisotopic (exact) mass is 278 g/mol. The molecule has 1 heterocycles. The molecule has 0 aliphatic rings. The molecular weight excluding hydrogens is 264 g/mol. The van der Waals surface area contributed by atoms with Crippen molar-refractivity contribution in [2.75, 3.05) is 19.0 Å². The van der Waals surface area contributed by atoms with Crippen LogP contribution in [0.1, 0.15) is 16.6 Å². The van der Waals surface area contributed by atoms with Crippen LogP contribution < -0.4 is 10.1 Å². The van der Waals surface area contributed by atoms with Crippen molar-refractivity contribution in [3.63, 3.8) is 0 Å². The molecule has 5 nitrogen and oxygen atoms in total. The van der Waals surface area contributed by atoms with Gasteiger partial charge in [0.1, 0.15) is 10.6 Å². The molecule has 1 N–H and O–H groups in total. The Hall–Kier alpha value is -2.08. The van der Waals surface area contributed by atoms with Gasteiger partial charge in [-0.25, -0.2) is 9.78 Å². The van der Waals surface area contributed by atoms with Crippen LogP contribution >= 0.6 is 11.3 Å². The Bertz CT molecular complexity index is 551.